The Hall–Kier alpha value is -0.0800. The minimum atomic E-state index is 0.759. The third kappa shape index (κ3) is 1.57. The molecular weight excluding hydrogens is 256 g/mol. The van der Waals surface area contributed by atoms with Gasteiger partial charge in [-0.25, -0.2) is 0 Å². The predicted octanol–water partition coefficient (Wildman–Crippen LogP) is 2.72. The highest BCUT2D eigenvalue weighted by atomic mass is 14.8. The summed E-state index contributed by atoms with van der Waals surface area (Å²) in [6.07, 6.45) is 7.68. The SMILES string of the molecule is CC1CC2CC3C4CC(C(CN)C4CN)C3C3CC(C1)C23. The van der Waals surface area contributed by atoms with E-state index in [1.807, 2.05) is 0 Å². The molecule has 0 spiro atoms. The number of rotatable bonds is 2. The van der Waals surface area contributed by atoms with Gasteiger partial charge in [-0.2, -0.15) is 0 Å². The lowest BCUT2D eigenvalue weighted by Crippen LogP contribution is -2.58. The predicted molar refractivity (Wildman–Crippen MR) is 85.3 cm³/mol. The first-order valence-corrected chi connectivity index (χ1v) is 9.63. The van der Waals surface area contributed by atoms with Gasteiger partial charge in [-0.1, -0.05) is 6.92 Å². The fourth-order valence-corrected chi connectivity index (χ4v) is 8.61. The molecule has 0 saturated heterocycles. The van der Waals surface area contributed by atoms with Crippen LogP contribution in [0.15, 0.2) is 0 Å². The average molecular weight is 288 g/mol. The first-order chi connectivity index (χ1) is 10.2. The van der Waals surface area contributed by atoms with Crippen LogP contribution in [0.3, 0.4) is 0 Å². The minimum Gasteiger partial charge on any atom is -0.330 e. The average Bonchev–Trinajstić information content (AvgIpc) is 2.98. The van der Waals surface area contributed by atoms with E-state index in [0.29, 0.717) is 0 Å². The van der Waals surface area contributed by atoms with Crippen molar-refractivity contribution in [3.05, 3.63) is 0 Å². The fourth-order valence-electron chi connectivity index (χ4n) is 8.61. The van der Waals surface area contributed by atoms with E-state index in [2.05, 4.69) is 6.92 Å². The Labute approximate surface area is 129 Å². The summed E-state index contributed by atoms with van der Waals surface area (Å²) >= 11 is 0. The molecule has 0 amide bonds. The standard InChI is InChI=1S/C19H32N2/c1-9-2-10-4-13-12-6-14(17(8-21)16(12)7-20)19(13)15-5-11(3-9)18(10)15/h9-19H,2-8,20-21H2,1H3. The van der Waals surface area contributed by atoms with E-state index in [4.69, 9.17) is 11.5 Å². The third-order valence-electron chi connectivity index (χ3n) is 8.91. The minimum absolute atomic E-state index is 0.759. The third-order valence-corrected chi connectivity index (χ3v) is 8.91. The van der Waals surface area contributed by atoms with Gasteiger partial charge >= 0.3 is 0 Å². The second kappa shape index (κ2) is 4.47. The Kier molecular flexibility index (Phi) is 2.85. The monoisotopic (exact) mass is 288 g/mol. The van der Waals surface area contributed by atoms with Gasteiger partial charge in [-0.15, -0.1) is 0 Å². The Morgan fingerprint density at radius 3 is 1.95 bits per heavy atom. The molecule has 2 heteroatoms. The van der Waals surface area contributed by atoms with Gasteiger partial charge in [-0.05, 0) is 110 Å². The highest BCUT2D eigenvalue weighted by Gasteiger charge is 2.66. The molecule has 2 nitrogen and oxygen atoms in total. The maximum atomic E-state index is 6.16. The molecule has 5 saturated carbocycles. The van der Waals surface area contributed by atoms with Gasteiger partial charge in [0, 0.05) is 0 Å². The molecule has 0 aromatic heterocycles. The Bertz CT molecular complexity index is 435. The van der Waals surface area contributed by atoms with Crippen LogP contribution in [0.1, 0.15) is 39.0 Å². The largest absolute Gasteiger partial charge is 0.330 e. The van der Waals surface area contributed by atoms with Crippen molar-refractivity contribution in [3.8, 4) is 0 Å². The van der Waals surface area contributed by atoms with Crippen LogP contribution in [0.5, 0.6) is 0 Å². The molecule has 0 aliphatic heterocycles. The second-order valence-corrected chi connectivity index (χ2v) is 9.41. The lowest BCUT2D eigenvalue weighted by molar-refractivity contribution is -0.147. The zero-order valence-corrected chi connectivity index (χ0v) is 13.5. The van der Waals surface area contributed by atoms with E-state index >= 15 is 0 Å². The second-order valence-electron chi connectivity index (χ2n) is 9.41. The van der Waals surface area contributed by atoms with E-state index in [9.17, 15) is 0 Å². The molecule has 5 rings (SSSR count). The van der Waals surface area contributed by atoms with Gasteiger partial charge in [0.05, 0.1) is 0 Å². The van der Waals surface area contributed by atoms with E-state index in [1.165, 1.54) is 19.3 Å². The van der Waals surface area contributed by atoms with Gasteiger partial charge in [0.1, 0.15) is 0 Å². The molecule has 118 valence electrons. The topological polar surface area (TPSA) is 52.0 Å². The smallest absolute Gasteiger partial charge is 0.00429 e. The molecule has 5 fully saturated rings. The van der Waals surface area contributed by atoms with Crippen molar-refractivity contribution >= 4 is 0 Å². The molecular formula is C19H32N2. The molecule has 21 heavy (non-hydrogen) atoms. The van der Waals surface area contributed by atoms with Crippen molar-refractivity contribution in [2.24, 2.45) is 76.6 Å². The van der Waals surface area contributed by atoms with Crippen molar-refractivity contribution < 1.29 is 0 Å². The van der Waals surface area contributed by atoms with Gasteiger partial charge in [0.2, 0.25) is 0 Å². The lowest BCUT2D eigenvalue weighted by Gasteiger charge is -2.63. The summed E-state index contributed by atoms with van der Waals surface area (Å²) in [5, 5.41) is 0. The van der Waals surface area contributed by atoms with Crippen LogP contribution >= 0.6 is 0 Å². The van der Waals surface area contributed by atoms with Crippen LogP contribution < -0.4 is 11.5 Å². The molecule has 0 radical (unpaired) electrons. The summed E-state index contributed by atoms with van der Waals surface area (Å²) in [7, 11) is 0. The van der Waals surface area contributed by atoms with Crippen molar-refractivity contribution in [2.75, 3.05) is 13.1 Å². The van der Waals surface area contributed by atoms with Crippen LogP contribution in [-0.4, -0.2) is 13.1 Å². The van der Waals surface area contributed by atoms with Crippen molar-refractivity contribution in [1.29, 1.82) is 0 Å². The van der Waals surface area contributed by atoms with Crippen LogP contribution in [0, 0.1) is 65.1 Å². The van der Waals surface area contributed by atoms with E-state index in [1.54, 1.807) is 12.8 Å². The van der Waals surface area contributed by atoms with Gasteiger partial charge < -0.3 is 11.5 Å². The highest BCUT2D eigenvalue weighted by Crippen LogP contribution is 2.71. The first kappa shape index (κ1) is 13.4. The van der Waals surface area contributed by atoms with Gasteiger partial charge in [-0.3, -0.25) is 0 Å². The lowest BCUT2D eigenvalue weighted by atomic mass is 9.42. The van der Waals surface area contributed by atoms with Crippen molar-refractivity contribution in [3.63, 3.8) is 0 Å². The Balaban J connectivity index is 1.45. The molecule has 0 aromatic rings. The molecule has 5 aliphatic rings. The Morgan fingerprint density at radius 2 is 1.29 bits per heavy atom. The fraction of sp³-hybridized carbons (Fsp3) is 1.00. The number of hydrogen-bond donors (Lipinski definition) is 2. The molecule has 0 heterocycles. The van der Waals surface area contributed by atoms with E-state index < -0.39 is 0 Å². The van der Waals surface area contributed by atoms with Crippen LogP contribution in [0.4, 0.5) is 0 Å². The number of nitrogens with two attached hydrogens (primary N) is 2. The highest BCUT2D eigenvalue weighted by molar-refractivity contribution is 5.14. The summed E-state index contributed by atoms with van der Waals surface area (Å²) in [6.45, 7) is 4.29. The van der Waals surface area contributed by atoms with E-state index in [0.717, 1.165) is 78.2 Å². The molecule has 4 N–H and O–H groups in total. The normalized spacial score (nSPS) is 63.9. The molecule has 2 bridgehead atoms. The maximum absolute atomic E-state index is 6.16. The van der Waals surface area contributed by atoms with Crippen molar-refractivity contribution in [1.82, 2.24) is 0 Å². The van der Waals surface area contributed by atoms with E-state index in [-0.39, 0.29) is 0 Å². The summed E-state index contributed by atoms with van der Waals surface area (Å²) in [5.74, 6) is 10.9. The summed E-state index contributed by atoms with van der Waals surface area (Å²) in [6, 6.07) is 0. The zero-order chi connectivity index (χ0) is 14.3. The maximum Gasteiger partial charge on any atom is -0.00429 e. The number of fused-ring (bicyclic) bond motifs is 6. The van der Waals surface area contributed by atoms with Gasteiger partial charge in [0.15, 0.2) is 0 Å². The molecule has 11 atom stereocenters. The summed E-state index contributed by atoms with van der Waals surface area (Å²) in [5.41, 5.74) is 12.3. The van der Waals surface area contributed by atoms with Crippen LogP contribution in [0.25, 0.3) is 0 Å². The van der Waals surface area contributed by atoms with Gasteiger partial charge in [0.25, 0.3) is 0 Å². The molecule has 0 aromatic carbocycles. The Morgan fingerprint density at radius 1 is 0.667 bits per heavy atom. The van der Waals surface area contributed by atoms with Crippen LogP contribution in [0.2, 0.25) is 0 Å². The first-order valence-electron chi connectivity index (χ1n) is 9.63. The van der Waals surface area contributed by atoms with Crippen LogP contribution in [-0.2, 0) is 0 Å². The van der Waals surface area contributed by atoms with Crippen molar-refractivity contribution in [2.45, 2.75) is 39.0 Å². The zero-order valence-electron chi connectivity index (χ0n) is 13.5. The summed E-state index contributed by atoms with van der Waals surface area (Å²) < 4.78 is 0. The summed E-state index contributed by atoms with van der Waals surface area (Å²) in [4.78, 5) is 0. The quantitative estimate of drug-likeness (QED) is 0.821. The number of hydrogen-bond acceptors (Lipinski definition) is 2. The molecule has 5 aliphatic carbocycles. The molecule has 11 unspecified atom stereocenters.